The number of rotatable bonds is 3. The first kappa shape index (κ1) is 15.0. The second-order valence-corrected chi connectivity index (χ2v) is 6.11. The van der Waals surface area contributed by atoms with Gasteiger partial charge in [-0.05, 0) is 19.4 Å². The summed E-state index contributed by atoms with van der Waals surface area (Å²) < 4.78 is 4.76. The van der Waals surface area contributed by atoms with Crippen LogP contribution in [0.2, 0.25) is 0 Å². The summed E-state index contributed by atoms with van der Waals surface area (Å²) in [6.45, 7) is 0.476. The summed E-state index contributed by atoms with van der Waals surface area (Å²) in [5, 5.41) is 0. The largest absolute Gasteiger partial charge is 0.332 e. The third-order valence-electron chi connectivity index (χ3n) is 4.67. The Morgan fingerprint density at radius 3 is 2.45 bits per heavy atom. The van der Waals surface area contributed by atoms with Gasteiger partial charge in [0, 0.05) is 26.6 Å². The summed E-state index contributed by atoms with van der Waals surface area (Å²) in [4.78, 5) is 29.2. The normalized spacial score (nSPS) is 16.5. The fraction of sp³-hybridized carbons (Fsp3) is 0.667. The molecule has 2 aromatic rings. The van der Waals surface area contributed by atoms with Crippen LogP contribution in [0.5, 0.6) is 0 Å². The van der Waals surface area contributed by atoms with Crippen LogP contribution in [0.3, 0.4) is 0 Å². The van der Waals surface area contributed by atoms with E-state index in [-0.39, 0.29) is 11.2 Å². The molecule has 0 saturated heterocycles. The molecule has 0 aliphatic heterocycles. The molecule has 7 nitrogen and oxygen atoms in total. The van der Waals surface area contributed by atoms with Gasteiger partial charge in [0.1, 0.15) is 11.5 Å². The molecule has 1 fully saturated rings. The van der Waals surface area contributed by atoms with Crippen LogP contribution in [0, 0.1) is 0 Å². The summed E-state index contributed by atoms with van der Waals surface area (Å²) in [5.74, 6) is 0.822. The first-order valence-corrected chi connectivity index (χ1v) is 7.93. The molecule has 1 aliphatic carbocycles. The van der Waals surface area contributed by atoms with Gasteiger partial charge in [-0.15, -0.1) is 0 Å². The smallest absolute Gasteiger partial charge is 0.330 e. The minimum Gasteiger partial charge on any atom is -0.330 e. The van der Waals surface area contributed by atoms with E-state index in [0.29, 0.717) is 30.2 Å². The lowest BCUT2D eigenvalue weighted by molar-refractivity contribution is 0.349. The maximum absolute atomic E-state index is 12.4. The zero-order valence-corrected chi connectivity index (χ0v) is 13.2. The molecule has 22 heavy (non-hydrogen) atoms. The van der Waals surface area contributed by atoms with Crippen LogP contribution in [-0.2, 0) is 20.5 Å². The van der Waals surface area contributed by atoms with Crippen molar-refractivity contribution in [2.24, 2.45) is 19.8 Å². The van der Waals surface area contributed by atoms with E-state index in [1.54, 1.807) is 11.6 Å². The lowest BCUT2D eigenvalue weighted by atomic mass is 9.95. The highest BCUT2D eigenvalue weighted by molar-refractivity contribution is 5.71. The van der Waals surface area contributed by atoms with Crippen LogP contribution in [-0.4, -0.2) is 25.2 Å². The molecule has 0 aromatic carbocycles. The molecule has 7 heteroatoms. The Labute approximate surface area is 128 Å². The summed E-state index contributed by atoms with van der Waals surface area (Å²) in [6.07, 6.45) is 6.33. The van der Waals surface area contributed by atoms with Crippen LogP contribution >= 0.6 is 0 Å². The maximum atomic E-state index is 12.4. The molecule has 0 unspecified atom stereocenters. The van der Waals surface area contributed by atoms with Crippen molar-refractivity contribution >= 4 is 11.2 Å². The average Bonchev–Trinajstić information content (AvgIpc) is 2.91. The molecule has 0 atom stereocenters. The number of aryl methyl sites for hydroxylation is 1. The number of hydrogen-bond donors (Lipinski definition) is 1. The Morgan fingerprint density at radius 2 is 1.82 bits per heavy atom. The monoisotopic (exact) mass is 305 g/mol. The second kappa shape index (κ2) is 5.72. The number of nitrogens with two attached hydrogens (primary N) is 1. The van der Waals surface area contributed by atoms with E-state index >= 15 is 0 Å². The van der Waals surface area contributed by atoms with Gasteiger partial charge < -0.3 is 10.3 Å². The minimum absolute atomic E-state index is 0.304. The quantitative estimate of drug-likeness (QED) is 0.891. The molecular weight excluding hydrogens is 282 g/mol. The van der Waals surface area contributed by atoms with Crippen molar-refractivity contribution < 1.29 is 0 Å². The molecule has 1 saturated carbocycles. The van der Waals surface area contributed by atoms with Gasteiger partial charge in [0.15, 0.2) is 5.52 Å². The van der Waals surface area contributed by atoms with E-state index in [0.717, 1.165) is 23.2 Å². The lowest BCUT2D eigenvalue weighted by Gasteiger charge is -2.26. The Kier molecular flexibility index (Phi) is 3.90. The molecule has 1 aliphatic rings. The van der Waals surface area contributed by atoms with E-state index in [1.807, 2.05) is 0 Å². The third-order valence-corrected chi connectivity index (χ3v) is 4.67. The van der Waals surface area contributed by atoms with Crippen molar-refractivity contribution in [1.82, 2.24) is 18.7 Å². The Morgan fingerprint density at radius 1 is 1.14 bits per heavy atom. The summed E-state index contributed by atoms with van der Waals surface area (Å²) in [7, 11) is 3.20. The van der Waals surface area contributed by atoms with Gasteiger partial charge in [-0.1, -0.05) is 19.3 Å². The van der Waals surface area contributed by atoms with E-state index in [2.05, 4.69) is 9.55 Å². The van der Waals surface area contributed by atoms with Crippen LogP contribution < -0.4 is 17.0 Å². The Hall–Kier alpha value is -1.89. The van der Waals surface area contributed by atoms with Gasteiger partial charge in [-0.2, -0.15) is 0 Å². The van der Waals surface area contributed by atoms with Crippen molar-refractivity contribution in [2.75, 3.05) is 6.54 Å². The summed E-state index contributed by atoms with van der Waals surface area (Å²) in [6, 6.07) is 0.304. The maximum Gasteiger partial charge on any atom is 0.332 e. The van der Waals surface area contributed by atoms with Crippen LogP contribution in [0.4, 0.5) is 0 Å². The number of aromatic nitrogens is 4. The predicted molar refractivity (Wildman–Crippen MR) is 85.1 cm³/mol. The fourth-order valence-corrected chi connectivity index (χ4v) is 3.52. The molecule has 2 N–H and O–H groups in total. The fourth-order valence-electron chi connectivity index (χ4n) is 3.52. The summed E-state index contributed by atoms with van der Waals surface area (Å²) in [5.41, 5.74) is 6.09. The van der Waals surface area contributed by atoms with Crippen LogP contribution in [0.15, 0.2) is 9.59 Å². The van der Waals surface area contributed by atoms with Gasteiger partial charge in [-0.3, -0.25) is 13.9 Å². The highest BCUT2D eigenvalue weighted by atomic mass is 16.2. The van der Waals surface area contributed by atoms with Crippen molar-refractivity contribution in [3.05, 3.63) is 26.7 Å². The summed E-state index contributed by atoms with van der Waals surface area (Å²) >= 11 is 0. The molecule has 3 rings (SSSR count). The SMILES string of the molecule is Cn1c(=O)c2nc(CCN)n(C3CCCCC3)c2n(C)c1=O. The molecule has 120 valence electrons. The van der Waals surface area contributed by atoms with E-state index in [1.165, 1.54) is 26.3 Å². The molecule has 0 amide bonds. The molecular formula is C15H23N5O2. The van der Waals surface area contributed by atoms with E-state index in [4.69, 9.17) is 5.73 Å². The molecule has 0 bridgehead atoms. The standard InChI is InChI=1S/C15H23N5O2/c1-18-13-12(14(21)19(2)15(18)22)17-11(8-9-16)20(13)10-6-4-3-5-7-10/h10H,3-9,16H2,1-2H3. The van der Waals surface area contributed by atoms with Crippen molar-refractivity contribution in [3.8, 4) is 0 Å². The van der Waals surface area contributed by atoms with Gasteiger partial charge in [0.2, 0.25) is 0 Å². The van der Waals surface area contributed by atoms with Gasteiger partial charge in [-0.25, -0.2) is 9.78 Å². The van der Waals surface area contributed by atoms with Crippen LogP contribution in [0.25, 0.3) is 11.2 Å². The molecule has 2 heterocycles. The average molecular weight is 305 g/mol. The number of hydrogen-bond acceptors (Lipinski definition) is 4. The number of fused-ring (bicyclic) bond motifs is 1. The predicted octanol–water partition coefficient (Wildman–Crippen LogP) is 0.440. The van der Waals surface area contributed by atoms with Gasteiger partial charge in [0.05, 0.1) is 0 Å². The van der Waals surface area contributed by atoms with Gasteiger partial charge in [0.25, 0.3) is 5.56 Å². The number of nitrogens with zero attached hydrogens (tertiary/aromatic N) is 4. The van der Waals surface area contributed by atoms with Crippen molar-refractivity contribution in [3.63, 3.8) is 0 Å². The lowest BCUT2D eigenvalue weighted by Crippen LogP contribution is -2.37. The van der Waals surface area contributed by atoms with Crippen molar-refractivity contribution in [1.29, 1.82) is 0 Å². The topological polar surface area (TPSA) is 87.8 Å². The Bertz CT molecular complexity index is 808. The zero-order valence-electron chi connectivity index (χ0n) is 13.2. The Balaban J connectivity index is 2.34. The second-order valence-electron chi connectivity index (χ2n) is 6.11. The molecule has 0 radical (unpaired) electrons. The highest BCUT2D eigenvalue weighted by Crippen LogP contribution is 2.31. The minimum atomic E-state index is -0.328. The van der Waals surface area contributed by atoms with Crippen molar-refractivity contribution in [2.45, 2.75) is 44.6 Å². The number of imidazole rings is 1. The molecule has 0 spiro atoms. The first-order chi connectivity index (χ1) is 10.6. The van der Waals surface area contributed by atoms with Crippen LogP contribution in [0.1, 0.15) is 44.0 Å². The van der Waals surface area contributed by atoms with E-state index < -0.39 is 0 Å². The zero-order chi connectivity index (χ0) is 15.9. The third kappa shape index (κ3) is 2.20. The first-order valence-electron chi connectivity index (χ1n) is 7.93. The van der Waals surface area contributed by atoms with E-state index in [9.17, 15) is 9.59 Å². The highest BCUT2D eigenvalue weighted by Gasteiger charge is 2.24. The van der Waals surface area contributed by atoms with Gasteiger partial charge >= 0.3 is 5.69 Å². The molecule has 2 aromatic heterocycles.